The van der Waals surface area contributed by atoms with Gasteiger partial charge in [0.2, 0.25) is 5.91 Å². The molecule has 0 spiro atoms. The molecule has 0 aliphatic heterocycles. The Morgan fingerprint density at radius 3 is 1.69 bits per heavy atom. The van der Waals surface area contributed by atoms with Crippen LogP contribution in [-0.2, 0) is 14.4 Å². The van der Waals surface area contributed by atoms with Crippen molar-refractivity contribution in [2.45, 2.75) is 109 Å². The fraction of sp³-hybridized carbons (Fsp3) is 0.850. The summed E-state index contributed by atoms with van der Waals surface area (Å²) in [6.07, 6.45) is 13.9. The van der Waals surface area contributed by atoms with E-state index >= 15 is 0 Å². The van der Waals surface area contributed by atoms with Crippen LogP contribution < -0.4 is 5.32 Å². The van der Waals surface area contributed by atoms with Crippen molar-refractivity contribution in [1.29, 1.82) is 0 Å². The van der Waals surface area contributed by atoms with Crippen LogP contribution in [0.4, 0.5) is 0 Å². The first-order valence-electron chi connectivity index (χ1n) is 10.2. The van der Waals surface area contributed by atoms with Crippen LogP contribution >= 0.6 is 0 Å². The van der Waals surface area contributed by atoms with Crippen molar-refractivity contribution in [1.82, 2.24) is 5.32 Å². The van der Waals surface area contributed by atoms with Gasteiger partial charge in [0.15, 0.2) is 0 Å². The molecule has 0 saturated carbocycles. The summed E-state index contributed by atoms with van der Waals surface area (Å²) in [4.78, 5) is 33.4. The third-order valence-corrected chi connectivity index (χ3v) is 4.52. The van der Waals surface area contributed by atoms with E-state index in [-0.39, 0.29) is 25.2 Å². The van der Waals surface area contributed by atoms with Crippen LogP contribution in [0.5, 0.6) is 0 Å². The smallest absolute Gasteiger partial charge is 0.326 e. The molecule has 3 N–H and O–H groups in total. The van der Waals surface area contributed by atoms with Gasteiger partial charge in [-0.3, -0.25) is 9.59 Å². The number of carbonyl (C=O) groups excluding carboxylic acids is 1. The van der Waals surface area contributed by atoms with Gasteiger partial charge in [0.1, 0.15) is 6.04 Å². The molecule has 1 atom stereocenters. The van der Waals surface area contributed by atoms with Gasteiger partial charge in [-0.05, 0) is 19.3 Å². The largest absolute Gasteiger partial charge is 0.481 e. The Morgan fingerprint density at radius 2 is 1.23 bits per heavy atom. The number of carbonyl (C=O) groups is 3. The summed E-state index contributed by atoms with van der Waals surface area (Å²) in [5, 5.41) is 20.2. The molecule has 6 heteroatoms. The maximum absolute atomic E-state index is 11.8. The van der Waals surface area contributed by atoms with E-state index in [0.29, 0.717) is 6.42 Å². The molecule has 0 unspecified atom stereocenters. The third-order valence-electron chi connectivity index (χ3n) is 4.52. The lowest BCUT2D eigenvalue weighted by molar-refractivity contribution is -0.142. The highest BCUT2D eigenvalue weighted by Gasteiger charge is 2.19. The maximum atomic E-state index is 11.8. The fourth-order valence-electron chi connectivity index (χ4n) is 2.93. The first-order chi connectivity index (χ1) is 12.5. The van der Waals surface area contributed by atoms with Crippen molar-refractivity contribution in [2.75, 3.05) is 0 Å². The molecule has 0 heterocycles. The molecule has 0 rings (SSSR count). The number of aliphatic carboxylic acids is 2. The van der Waals surface area contributed by atoms with Gasteiger partial charge in [-0.25, -0.2) is 4.79 Å². The fourth-order valence-corrected chi connectivity index (χ4v) is 2.93. The Morgan fingerprint density at radius 1 is 0.731 bits per heavy atom. The zero-order valence-electron chi connectivity index (χ0n) is 16.3. The van der Waals surface area contributed by atoms with Crippen molar-refractivity contribution in [3.8, 4) is 0 Å². The van der Waals surface area contributed by atoms with Crippen LogP contribution in [-0.4, -0.2) is 34.1 Å². The number of amides is 1. The minimum absolute atomic E-state index is 0.0851. The Balaban J connectivity index is 3.61. The molecule has 0 bridgehead atoms. The standard InChI is InChI=1S/C20H37NO5/c1-2-3-4-5-6-7-8-9-10-11-12-15-18(22)21-17(20(25)26)14-13-16-19(23)24/h17H,2-16H2,1H3,(H,21,22)(H,23,24)(H,25,26)/t17-/m0/s1. The van der Waals surface area contributed by atoms with E-state index in [1.165, 1.54) is 51.4 Å². The van der Waals surface area contributed by atoms with E-state index in [0.717, 1.165) is 19.3 Å². The Labute approximate surface area is 157 Å². The minimum Gasteiger partial charge on any atom is -0.481 e. The zero-order valence-corrected chi connectivity index (χ0v) is 16.3. The van der Waals surface area contributed by atoms with E-state index in [9.17, 15) is 14.4 Å². The second-order valence-corrected chi connectivity index (χ2v) is 7.03. The predicted molar refractivity (Wildman–Crippen MR) is 102 cm³/mol. The molecule has 0 fully saturated rings. The molecule has 1 amide bonds. The SMILES string of the molecule is CCCCCCCCCCCCCC(=O)N[C@@H](CCCC(=O)O)C(=O)O. The highest BCUT2D eigenvalue weighted by molar-refractivity contribution is 5.83. The van der Waals surface area contributed by atoms with Crippen molar-refractivity contribution < 1.29 is 24.6 Å². The molecule has 0 aromatic carbocycles. The normalized spacial score (nSPS) is 11.9. The van der Waals surface area contributed by atoms with Crippen molar-refractivity contribution >= 4 is 17.8 Å². The van der Waals surface area contributed by atoms with Gasteiger partial charge >= 0.3 is 11.9 Å². The highest BCUT2D eigenvalue weighted by Crippen LogP contribution is 2.12. The van der Waals surface area contributed by atoms with Gasteiger partial charge in [0, 0.05) is 12.8 Å². The quantitative estimate of drug-likeness (QED) is 0.307. The van der Waals surface area contributed by atoms with Crippen LogP contribution in [0.2, 0.25) is 0 Å². The molecular formula is C20H37NO5. The number of carboxylic acids is 2. The molecule has 0 aromatic heterocycles. The van der Waals surface area contributed by atoms with Crippen molar-refractivity contribution in [3.63, 3.8) is 0 Å². The lowest BCUT2D eigenvalue weighted by Gasteiger charge is -2.14. The molecule has 0 radical (unpaired) electrons. The van der Waals surface area contributed by atoms with E-state index < -0.39 is 18.0 Å². The molecule has 6 nitrogen and oxygen atoms in total. The van der Waals surface area contributed by atoms with E-state index in [1.54, 1.807) is 0 Å². The van der Waals surface area contributed by atoms with Gasteiger partial charge in [0.05, 0.1) is 0 Å². The second kappa shape index (κ2) is 16.9. The lowest BCUT2D eigenvalue weighted by atomic mass is 10.0. The van der Waals surface area contributed by atoms with Gasteiger partial charge in [-0.2, -0.15) is 0 Å². The topological polar surface area (TPSA) is 104 Å². The Kier molecular flexibility index (Phi) is 15.8. The van der Waals surface area contributed by atoms with Crippen LogP contribution in [0, 0.1) is 0 Å². The monoisotopic (exact) mass is 371 g/mol. The summed E-state index contributed by atoms with van der Waals surface area (Å²) in [6.45, 7) is 2.22. The highest BCUT2D eigenvalue weighted by atomic mass is 16.4. The van der Waals surface area contributed by atoms with E-state index in [4.69, 9.17) is 10.2 Å². The van der Waals surface area contributed by atoms with Gasteiger partial charge in [-0.1, -0.05) is 71.1 Å². The second-order valence-electron chi connectivity index (χ2n) is 7.03. The molecule has 0 aromatic rings. The van der Waals surface area contributed by atoms with Gasteiger partial charge < -0.3 is 15.5 Å². The van der Waals surface area contributed by atoms with Crippen LogP contribution in [0.3, 0.4) is 0 Å². The Hall–Kier alpha value is -1.59. The average molecular weight is 372 g/mol. The minimum atomic E-state index is -1.11. The molecule has 0 aliphatic rings. The average Bonchev–Trinajstić information content (AvgIpc) is 2.58. The summed E-state index contributed by atoms with van der Waals surface area (Å²) in [5.41, 5.74) is 0. The van der Waals surface area contributed by atoms with E-state index in [2.05, 4.69) is 12.2 Å². The number of hydrogen-bond acceptors (Lipinski definition) is 3. The number of rotatable bonds is 18. The number of nitrogens with one attached hydrogen (secondary N) is 1. The van der Waals surface area contributed by atoms with Crippen LogP contribution in [0.1, 0.15) is 103 Å². The van der Waals surface area contributed by atoms with Crippen molar-refractivity contribution in [2.24, 2.45) is 0 Å². The first kappa shape index (κ1) is 24.4. The Bertz CT molecular complexity index is 398. The number of unbranched alkanes of at least 4 members (excludes halogenated alkanes) is 10. The molecule has 26 heavy (non-hydrogen) atoms. The van der Waals surface area contributed by atoms with Crippen molar-refractivity contribution in [3.05, 3.63) is 0 Å². The van der Waals surface area contributed by atoms with E-state index in [1.807, 2.05) is 0 Å². The molecular weight excluding hydrogens is 334 g/mol. The summed E-state index contributed by atoms with van der Waals surface area (Å²) in [7, 11) is 0. The maximum Gasteiger partial charge on any atom is 0.326 e. The lowest BCUT2D eigenvalue weighted by Crippen LogP contribution is -2.40. The summed E-state index contributed by atoms with van der Waals surface area (Å²) in [5.74, 6) is -2.33. The number of hydrogen-bond donors (Lipinski definition) is 3. The predicted octanol–water partition coefficient (Wildman–Crippen LogP) is 4.51. The zero-order chi connectivity index (χ0) is 19.6. The molecule has 0 saturated heterocycles. The van der Waals surface area contributed by atoms with Gasteiger partial charge in [0.25, 0.3) is 0 Å². The van der Waals surface area contributed by atoms with Crippen LogP contribution in [0.25, 0.3) is 0 Å². The molecule has 152 valence electrons. The first-order valence-corrected chi connectivity index (χ1v) is 10.2. The molecule has 0 aliphatic carbocycles. The summed E-state index contributed by atoms with van der Waals surface area (Å²) in [6, 6.07) is -0.991. The number of carboxylic acid groups (broad SMARTS) is 2. The van der Waals surface area contributed by atoms with Crippen LogP contribution in [0.15, 0.2) is 0 Å². The summed E-state index contributed by atoms with van der Waals surface area (Å²) >= 11 is 0. The van der Waals surface area contributed by atoms with Gasteiger partial charge in [-0.15, -0.1) is 0 Å². The third kappa shape index (κ3) is 15.9. The summed E-state index contributed by atoms with van der Waals surface area (Å²) < 4.78 is 0.